The number of non-ortho nitro benzene ring substituents is 1. The summed E-state index contributed by atoms with van der Waals surface area (Å²) in [4.78, 5) is 35.4. The Morgan fingerprint density at radius 3 is 2.10 bits per heavy atom. The number of amides is 1. The lowest BCUT2D eigenvalue weighted by molar-refractivity contribution is -0.384. The van der Waals surface area contributed by atoms with Gasteiger partial charge in [0.1, 0.15) is 17.1 Å². The van der Waals surface area contributed by atoms with Crippen molar-refractivity contribution in [2.24, 2.45) is 5.41 Å². The summed E-state index contributed by atoms with van der Waals surface area (Å²) in [6, 6.07) is 18.9. The number of hydrogen-bond acceptors (Lipinski definition) is 11. The van der Waals surface area contributed by atoms with Crippen molar-refractivity contribution in [2.45, 2.75) is 70.1 Å². The van der Waals surface area contributed by atoms with Gasteiger partial charge in [0.2, 0.25) is 10.0 Å². The third kappa shape index (κ3) is 12.6. The van der Waals surface area contributed by atoms with E-state index >= 15 is 0 Å². The van der Waals surface area contributed by atoms with E-state index in [2.05, 4.69) is 5.32 Å². The number of aliphatic hydroxyl groups is 1. The van der Waals surface area contributed by atoms with Gasteiger partial charge < -0.3 is 29.4 Å². The first-order valence-electron chi connectivity index (χ1n) is 15.8. The SMILES string of the molecule is COc1ccc(S(=O)(=O)N(C[C@@H](O)[C@H](Cc2ccccc2)NC(=O)OC(C)(C)C)CC(C)(C)CCOC(=O)Oc2ccc([N+](=O)[O-])cc2)cc1. The molecule has 0 radical (unpaired) electrons. The summed E-state index contributed by atoms with van der Waals surface area (Å²) in [5.41, 5.74) is -0.981. The second-order valence-electron chi connectivity index (χ2n) is 13.3. The standard InChI is InChI=1S/C35H45N3O11S/c1-34(2,3)49-32(40)36-30(22-25-10-8-7-9-11-25)31(39)23-37(50(44,45)29-18-16-27(46-6)17-19-29)24-35(4,5)20-21-47-33(41)48-28-14-12-26(13-15-28)38(42)43/h7-19,30-31,39H,20-24H2,1-6H3,(H,36,40)/t30-,31+/m0/s1. The van der Waals surface area contributed by atoms with Crippen LogP contribution in [0.25, 0.3) is 0 Å². The molecule has 0 heterocycles. The molecule has 1 amide bonds. The van der Waals surface area contributed by atoms with Gasteiger partial charge in [0, 0.05) is 25.2 Å². The predicted molar refractivity (Wildman–Crippen MR) is 185 cm³/mol. The average Bonchev–Trinajstić information content (AvgIpc) is 3.03. The van der Waals surface area contributed by atoms with Crippen LogP contribution >= 0.6 is 0 Å². The third-order valence-corrected chi connectivity index (χ3v) is 9.23. The summed E-state index contributed by atoms with van der Waals surface area (Å²) in [5.74, 6) is 0.508. The molecule has 0 spiro atoms. The van der Waals surface area contributed by atoms with Crippen LogP contribution in [0.2, 0.25) is 0 Å². The van der Waals surface area contributed by atoms with Crippen LogP contribution in [-0.4, -0.2) is 79.6 Å². The van der Waals surface area contributed by atoms with Crippen molar-refractivity contribution in [3.8, 4) is 11.5 Å². The smallest absolute Gasteiger partial charge is 0.497 e. The Balaban J connectivity index is 1.81. The number of benzene rings is 3. The maximum absolute atomic E-state index is 14.1. The second-order valence-corrected chi connectivity index (χ2v) is 15.3. The average molecular weight is 716 g/mol. The molecule has 272 valence electrons. The highest BCUT2D eigenvalue weighted by Gasteiger charge is 2.35. The first kappa shape index (κ1) is 39.7. The van der Waals surface area contributed by atoms with Crippen LogP contribution < -0.4 is 14.8 Å². The van der Waals surface area contributed by atoms with E-state index in [1.807, 2.05) is 30.3 Å². The van der Waals surface area contributed by atoms with E-state index in [0.717, 1.165) is 9.87 Å². The van der Waals surface area contributed by atoms with Crippen molar-refractivity contribution >= 4 is 28.0 Å². The molecule has 3 aromatic carbocycles. The van der Waals surface area contributed by atoms with E-state index in [1.165, 1.54) is 55.6 Å². The number of aliphatic hydroxyl groups excluding tert-OH is 1. The maximum atomic E-state index is 14.1. The molecule has 0 saturated carbocycles. The van der Waals surface area contributed by atoms with E-state index in [9.17, 15) is 33.2 Å². The molecule has 3 aromatic rings. The molecular formula is C35H45N3O11S. The van der Waals surface area contributed by atoms with Gasteiger partial charge in [0.15, 0.2) is 0 Å². The lowest BCUT2D eigenvalue weighted by atomic mass is 9.89. The van der Waals surface area contributed by atoms with Crippen LogP contribution in [0.4, 0.5) is 15.3 Å². The zero-order chi connectivity index (χ0) is 37.1. The van der Waals surface area contributed by atoms with Crippen molar-refractivity contribution in [1.82, 2.24) is 9.62 Å². The number of sulfonamides is 1. The van der Waals surface area contributed by atoms with Crippen LogP contribution in [0.15, 0.2) is 83.8 Å². The number of nitrogens with zero attached hydrogens (tertiary/aromatic N) is 2. The number of nitro groups is 1. The normalized spacial score (nSPS) is 13.2. The minimum atomic E-state index is -4.22. The summed E-state index contributed by atoms with van der Waals surface area (Å²) in [7, 11) is -2.75. The topological polar surface area (TPSA) is 184 Å². The minimum absolute atomic E-state index is 0.0380. The number of alkyl carbamates (subject to hydrolysis) is 1. The Morgan fingerprint density at radius 2 is 1.54 bits per heavy atom. The van der Waals surface area contributed by atoms with Crippen molar-refractivity contribution in [3.63, 3.8) is 0 Å². The number of nitrogens with one attached hydrogen (secondary N) is 1. The molecule has 50 heavy (non-hydrogen) atoms. The molecule has 3 rings (SSSR count). The van der Waals surface area contributed by atoms with Crippen molar-refractivity contribution in [1.29, 1.82) is 0 Å². The maximum Gasteiger partial charge on any atom is 0.513 e. The highest BCUT2D eigenvalue weighted by atomic mass is 32.2. The molecule has 15 heteroatoms. The number of carbonyl (C=O) groups excluding carboxylic acids is 2. The summed E-state index contributed by atoms with van der Waals surface area (Å²) in [6.07, 6.45) is -2.80. The Labute approximate surface area is 292 Å². The fourth-order valence-corrected chi connectivity index (χ4v) is 6.47. The molecule has 2 atom stereocenters. The van der Waals surface area contributed by atoms with Gasteiger partial charge in [-0.1, -0.05) is 44.2 Å². The van der Waals surface area contributed by atoms with Gasteiger partial charge in [-0.2, -0.15) is 4.31 Å². The fraction of sp³-hybridized carbons (Fsp3) is 0.429. The van der Waals surface area contributed by atoms with E-state index in [1.54, 1.807) is 34.6 Å². The molecule has 0 aliphatic carbocycles. The number of carbonyl (C=O) groups is 2. The van der Waals surface area contributed by atoms with Gasteiger partial charge in [0.05, 0.1) is 35.7 Å². The second kappa shape index (κ2) is 17.3. The van der Waals surface area contributed by atoms with Crippen molar-refractivity contribution in [3.05, 3.63) is 94.5 Å². The lowest BCUT2D eigenvalue weighted by Gasteiger charge is -2.35. The fourth-order valence-electron chi connectivity index (χ4n) is 4.82. The van der Waals surface area contributed by atoms with Gasteiger partial charge in [-0.3, -0.25) is 10.1 Å². The molecule has 2 N–H and O–H groups in total. The highest BCUT2D eigenvalue weighted by Crippen LogP contribution is 2.28. The Morgan fingerprint density at radius 1 is 0.940 bits per heavy atom. The Bertz CT molecular complexity index is 1680. The van der Waals surface area contributed by atoms with Crippen molar-refractivity contribution in [2.75, 3.05) is 26.8 Å². The van der Waals surface area contributed by atoms with Crippen LogP contribution in [-0.2, 0) is 25.9 Å². The summed E-state index contributed by atoms with van der Waals surface area (Å²) < 4.78 is 50.3. The van der Waals surface area contributed by atoms with Gasteiger partial charge >= 0.3 is 12.2 Å². The number of ether oxygens (including phenoxy) is 4. The Kier molecular flexibility index (Phi) is 13.7. The van der Waals surface area contributed by atoms with E-state index in [-0.39, 0.29) is 42.3 Å². The van der Waals surface area contributed by atoms with E-state index < -0.39 is 56.9 Å². The van der Waals surface area contributed by atoms with Gasteiger partial charge in [-0.05, 0) is 81.0 Å². The predicted octanol–water partition coefficient (Wildman–Crippen LogP) is 5.72. The first-order valence-corrected chi connectivity index (χ1v) is 17.3. The molecule has 0 fully saturated rings. The molecule has 0 bridgehead atoms. The van der Waals surface area contributed by atoms with Gasteiger partial charge in [-0.15, -0.1) is 0 Å². The zero-order valence-electron chi connectivity index (χ0n) is 29.0. The molecule has 0 aliphatic rings. The highest BCUT2D eigenvalue weighted by molar-refractivity contribution is 7.89. The van der Waals surface area contributed by atoms with Gasteiger partial charge in [-0.25, -0.2) is 18.0 Å². The Hall–Kier alpha value is -4.73. The summed E-state index contributed by atoms with van der Waals surface area (Å²) in [6.45, 7) is 8.04. The number of rotatable bonds is 16. The molecule has 0 aromatic heterocycles. The lowest BCUT2D eigenvalue weighted by Crippen LogP contribution is -2.52. The first-order chi connectivity index (χ1) is 23.4. The van der Waals surface area contributed by atoms with Gasteiger partial charge in [0.25, 0.3) is 5.69 Å². The molecule has 0 aliphatic heterocycles. The molecule has 14 nitrogen and oxygen atoms in total. The number of hydrogen-bond donors (Lipinski definition) is 2. The van der Waals surface area contributed by atoms with Crippen LogP contribution in [0, 0.1) is 15.5 Å². The number of methoxy groups -OCH3 is 1. The van der Waals surface area contributed by atoms with E-state index in [4.69, 9.17) is 18.9 Å². The summed E-state index contributed by atoms with van der Waals surface area (Å²) in [5, 5.41) is 25.2. The summed E-state index contributed by atoms with van der Waals surface area (Å²) >= 11 is 0. The quantitative estimate of drug-likeness (QED) is 0.0800. The third-order valence-electron chi connectivity index (χ3n) is 7.40. The molecular weight excluding hydrogens is 670 g/mol. The van der Waals surface area contributed by atoms with Crippen LogP contribution in [0.5, 0.6) is 11.5 Å². The monoisotopic (exact) mass is 715 g/mol. The zero-order valence-corrected chi connectivity index (χ0v) is 29.8. The number of nitro benzene ring substituents is 1. The molecule has 0 unspecified atom stereocenters. The van der Waals surface area contributed by atoms with Crippen LogP contribution in [0.1, 0.15) is 46.6 Å². The minimum Gasteiger partial charge on any atom is -0.497 e. The van der Waals surface area contributed by atoms with Crippen molar-refractivity contribution < 1.29 is 47.0 Å². The largest absolute Gasteiger partial charge is 0.513 e. The van der Waals surface area contributed by atoms with Crippen LogP contribution in [0.3, 0.4) is 0 Å². The van der Waals surface area contributed by atoms with E-state index in [0.29, 0.717) is 5.75 Å². The molecule has 0 saturated heterocycles.